The van der Waals surface area contributed by atoms with Crippen LogP contribution in [0.3, 0.4) is 0 Å². The fraction of sp³-hybridized carbons (Fsp3) is 0.429. The molecule has 10 nitrogen and oxygen atoms in total. The van der Waals surface area contributed by atoms with Crippen LogP contribution in [0.15, 0.2) is 28.6 Å². The van der Waals surface area contributed by atoms with E-state index in [1.807, 2.05) is 0 Å². The van der Waals surface area contributed by atoms with Crippen molar-refractivity contribution in [1.29, 1.82) is 0 Å². The van der Waals surface area contributed by atoms with Gasteiger partial charge in [-0.2, -0.15) is 5.48 Å². The number of rotatable bonds is 7. The molecule has 5 heterocycles. The zero-order valence-corrected chi connectivity index (χ0v) is 18.4. The molecule has 2 aliphatic rings. The number of hydroxylamine groups is 1. The molecule has 0 spiro atoms. The Morgan fingerprint density at radius 2 is 2.24 bits per heavy atom. The highest BCUT2D eigenvalue weighted by Gasteiger charge is 2.31. The number of thiazole rings is 1. The van der Waals surface area contributed by atoms with Crippen molar-refractivity contribution < 1.29 is 23.9 Å². The lowest BCUT2D eigenvalue weighted by Crippen LogP contribution is -2.58. The van der Waals surface area contributed by atoms with Gasteiger partial charge in [0.05, 0.1) is 24.1 Å². The number of pyridine rings is 2. The van der Waals surface area contributed by atoms with Crippen molar-refractivity contribution in [2.45, 2.75) is 31.4 Å². The quantitative estimate of drug-likeness (QED) is 0.494. The molecule has 2 saturated heterocycles. The molecule has 5 rings (SSSR count). The van der Waals surface area contributed by atoms with Crippen LogP contribution in [-0.2, 0) is 9.57 Å². The Kier molecular flexibility index (Phi) is 6.06. The van der Waals surface area contributed by atoms with E-state index in [0.717, 1.165) is 31.9 Å². The molecular formula is C21H22FN5O5S. The Bertz CT molecular complexity index is 1220. The van der Waals surface area contributed by atoms with Crippen LogP contribution in [0, 0.1) is 5.82 Å². The van der Waals surface area contributed by atoms with Crippen LogP contribution in [0.2, 0.25) is 0 Å². The number of nitrogens with zero attached hydrogens (tertiary/aromatic N) is 4. The number of anilines is 1. The van der Waals surface area contributed by atoms with E-state index >= 15 is 0 Å². The molecule has 3 aromatic rings. The van der Waals surface area contributed by atoms with Crippen molar-refractivity contribution in [1.82, 2.24) is 20.0 Å². The van der Waals surface area contributed by atoms with Crippen LogP contribution in [0.4, 0.5) is 10.2 Å². The van der Waals surface area contributed by atoms with Gasteiger partial charge in [-0.1, -0.05) is 0 Å². The second-order valence-corrected chi connectivity index (χ2v) is 8.92. The monoisotopic (exact) mass is 475 g/mol. The number of hydrogen-bond acceptors (Lipinski definition) is 9. The van der Waals surface area contributed by atoms with Gasteiger partial charge in [0.1, 0.15) is 5.56 Å². The van der Waals surface area contributed by atoms with Crippen LogP contribution >= 0.6 is 11.3 Å². The molecular weight excluding hydrogens is 453 g/mol. The van der Waals surface area contributed by atoms with E-state index in [4.69, 9.17) is 9.57 Å². The first-order chi connectivity index (χ1) is 16.0. The third-order valence-electron chi connectivity index (χ3n) is 5.74. The fourth-order valence-electron chi connectivity index (χ4n) is 3.99. The van der Waals surface area contributed by atoms with E-state index in [1.54, 1.807) is 16.5 Å². The normalized spacial score (nSPS) is 19.1. The number of hydrogen-bond donors (Lipinski definition) is 2. The number of nitrogens with one attached hydrogen (secondary N) is 1. The Balaban J connectivity index is 1.36. The Morgan fingerprint density at radius 1 is 1.39 bits per heavy atom. The third-order valence-corrected chi connectivity index (χ3v) is 6.51. The fourth-order valence-corrected chi connectivity index (χ4v) is 4.61. The first kappa shape index (κ1) is 21.9. The van der Waals surface area contributed by atoms with E-state index < -0.39 is 22.8 Å². The molecule has 1 atom stereocenters. The average molecular weight is 476 g/mol. The standard InChI is InChI=1S/C21H22FN5O5S/c22-16-7-14-17(28)15(20(29)30)10-27(21-23-4-6-33-21)18(14)24-19(16)26-8-12(9-26)25-32-11-13-3-1-2-5-31-13/h4,6-7,10,12-13,25H,1-3,5,8-9,11H2,(H,29,30)/t13-/m0/s1. The second kappa shape index (κ2) is 9.14. The molecule has 0 saturated carbocycles. The van der Waals surface area contributed by atoms with E-state index in [2.05, 4.69) is 15.4 Å². The predicted octanol–water partition coefficient (Wildman–Crippen LogP) is 1.96. The highest BCUT2D eigenvalue weighted by atomic mass is 32.1. The highest BCUT2D eigenvalue weighted by Crippen LogP contribution is 2.27. The smallest absolute Gasteiger partial charge is 0.341 e. The van der Waals surface area contributed by atoms with Crippen molar-refractivity contribution >= 4 is 34.2 Å². The minimum absolute atomic E-state index is 0.000953. The molecule has 2 N–H and O–H groups in total. The van der Waals surface area contributed by atoms with E-state index in [-0.39, 0.29) is 29.0 Å². The Morgan fingerprint density at radius 3 is 2.94 bits per heavy atom. The number of carboxylic acid groups (broad SMARTS) is 1. The van der Waals surface area contributed by atoms with E-state index in [1.165, 1.54) is 22.1 Å². The molecule has 2 fully saturated rings. The SMILES string of the molecule is O=C(O)c1cn(-c2nccs2)c2nc(N3CC(NOC[C@@H]4CCCCO4)C3)c(F)cc2c1=O. The molecule has 0 aromatic carbocycles. The number of carboxylic acids is 1. The number of aromatic carboxylic acids is 1. The van der Waals surface area contributed by atoms with Gasteiger partial charge in [0, 0.05) is 37.5 Å². The molecule has 12 heteroatoms. The van der Waals surface area contributed by atoms with Gasteiger partial charge in [-0.3, -0.25) is 14.2 Å². The van der Waals surface area contributed by atoms with Crippen LogP contribution in [-0.4, -0.2) is 64.1 Å². The van der Waals surface area contributed by atoms with Crippen molar-refractivity contribution in [3.05, 3.63) is 45.4 Å². The molecule has 0 radical (unpaired) electrons. The van der Waals surface area contributed by atoms with Crippen molar-refractivity contribution in [3.63, 3.8) is 0 Å². The first-order valence-corrected chi connectivity index (χ1v) is 11.5. The molecule has 0 bridgehead atoms. The van der Waals surface area contributed by atoms with Crippen molar-refractivity contribution in [2.75, 3.05) is 31.2 Å². The Hall–Kier alpha value is -2.93. The summed E-state index contributed by atoms with van der Waals surface area (Å²) in [7, 11) is 0. The van der Waals surface area contributed by atoms with Gasteiger partial charge >= 0.3 is 5.97 Å². The molecule has 174 valence electrons. The molecule has 3 aromatic heterocycles. The zero-order valence-electron chi connectivity index (χ0n) is 17.6. The second-order valence-electron chi connectivity index (χ2n) is 8.05. The number of halogens is 1. The largest absolute Gasteiger partial charge is 0.477 e. The van der Waals surface area contributed by atoms with Gasteiger partial charge in [0.2, 0.25) is 5.43 Å². The number of ether oxygens (including phenoxy) is 1. The first-order valence-electron chi connectivity index (χ1n) is 10.6. The lowest BCUT2D eigenvalue weighted by Gasteiger charge is -2.40. The molecule has 33 heavy (non-hydrogen) atoms. The maximum atomic E-state index is 14.9. The van der Waals surface area contributed by atoms with Gasteiger partial charge in [-0.25, -0.2) is 19.2 Å². The average Bonchev–Trinajstić information content (AvgIpc) is 3.31. The lowest BCUT2D eigenvalue weighted by atomic mass is 10.1. The molecule has 0 amide bonds. The number of aromatic nitrogens is 3. The summed E-state index contributed by atoms with van der Waals surface area (Å²) >= 11 is 1.25. The summed E-state index contributed by atoms with van der Waals surface area (Å²) < 4.78 is 22.0. The van der Waals surface area contributed by atoms with Gasteiger partial charge in [0.25, 0.3) is 0 Å². The minimum Gasteiger partial charge on any atom is -0.477 e. The maximum Gasteiger partial charge on any atom is 0.341 e. The van der Waals surface area contributed by atoms with Gasteiger partial charge in [0.15, 0.2) is 22.4 Å². The van der Waals surface area contributed by atoms with Gasteiger partial charge in [-0.15, -0.1) is 11.3 Å². The lowest BCUT2D eigenvalue weighted by molar-refractivity contribution is -0.0799. The summed E-state index contributed by atoms with van der Waals surface area (Å²) in [5.41, 5.74) is 1.88. The highest BCUT2D eigenvalue weighted by molar-refractivity contribution is 7.12. The van der Waals surface area contributed by atoms with E-state index in [9.17, 15) is 19.1 Å². The molecule has 2 aliphatic heterocycles. The van der Waals surface area contributed by atoms with Gasteiger partial charge in [-0.05, 0) is 25.3 Å². The minimum atomic E-state index is -1.40. The Labute approximate surface area is 191 Å². The van der Waals surface area contributed by atoms with Crippen LogP contribution in [0.5, 0.6) is 0 Å². The maximum absolute atomic E-state index is 14.9. The van der Waals surface area contributed by atoms with Crippen molar-refractivity contribution in [2.24, 2.45) is 0 Å². The summed E-state index contributed by atoms with van der Waals surface area (Å²) in [5, 5.41) is 11.4. The van der Waals surface area contributed by atoms with Crippen molar-refractivity contribution in [3.8, 4) is 5.13 Å². The summed E-state index contributed by atoms with van der Waals surface area (Å²) in [5.74, 6) is -2.00. The number of fused-ring (bicyclic) bond motifs is 1. The summed E-state index contributed by atoms with van der Waals surface area (Å²) in [4.78, 5) is 40.1. The van der Waals surface area contributed by atoms with Gasteiger partial charge < -0.3 is 14.7 Å². The molecule has 0 aliphatic carbocycles. The zero-order chi connectivity index (χ0) is 22.9. The molecule has 0 unspecified atom stereocenters. The van der Waals surface area contributed by atoms with Crippen LogP contribution < -0.4 is 15.8 Å². The van der Waals surface area contributed by atoms with E-state index in [0.29, 0.717) is 24.8 Å². The number of carbonyl (C=O) groups is 1. The summed E-state index contributed by atoms with van der Waals surface area (Å²) in [6.07, 6.45) is 6.04. The summed E-state index contributed by atoms with van der Waals surface area (Å²) in [6.45, 7) is 2.16. The van der Waals surface area contributed by atoms with Crippen LogP contribution in [0.1, 0.15) is 29.6 Å². The topological polar surface area (TPSA) is 119 Å². The van der Waals surface area contributed by atoms with Crippen LogP contribution in [0.25, 0.3) is 16.2 Å². The third kappa shape index (κ3) is 4.34. The predicted molar refractivity (Wildman–Crippen MR) is 119 cm³/mol. The summed E-state index contributed by atoms with van der Waals surface area (Å²) in [6, 6.07) is 1.05.